The lowest BCUT2D eigenvalue weighted by atomic mass is 10.3. The zero-order chi connectivity index (χ0) is 7.84. The van der Waals surface area contributed by atoms with Crippen LogP contribution in [0.5, 0.6) is 0 Å². The number of hydrogen-bond donors (Lipinski definition) is 0. The van der Waals surface area contributed by atoms with Gasteiger partial charge < -0.3 is 4.52 Å². The molecule has 2 aromatic rings. The van der Waals surface area contributed by atoms with Crippen LogP contribution in [0, 0.1) is 5.82 Å². The maximum atomic E-state index is 12.8. The van der Waals surface area contributed by atoms with E-state index in [1.54, 1.807) is 12.1 Å². The normalized spacial score (nSPS) is 10.7. The molecular weight excluding hydrogens is 169 g/mol. The van der Waals surface area contributed by atoms with Crippen LogP contribution in [0.1, 0.15) is 0 Å². The molecule has 4 heteroatoms. The lowest BCUT2D eigenvalue weighted by Crippen LogP contribution is -1.71. The summed E-state index contributed by atoms with van der Waals surface area (Å²) >= 11 is 5.57. The van der Waals surface area contributed by atoms with Crippen molar-refractivity contribution in [2.24, 2.45) is 0 Å². The first kappa shape index (κ1) is 6.61. The van der Waals surface area contributed by atoms with Gasteiger partial charge in [-0.15, -0.1) is 0 Å². The monoisotopic (exact) mass is 171 g/mol. The molecule has 0 aliphatic rings. The number of para-hydroxylation sites is 1. The SMILES string of the molecule is Fc1cccc2c(Cl)noc12. The lowest BCUT2D eigenvalue weighted by Gasteiger charge is -1.85. The molecule has 0 fully saturated rings. The molecule has 1 aromatic carbocycles. The van der Waals surface area contributed by atoms with E-state index in [0.717, 1.165) is 0 Å². The Morgan fingerprint density at radius 1 is 1.45 bits per heavy atom. The lowest BCUT2D eigenvalue weighted by molar-refractivity contribution is 0.441. The Bertz CT molecular complexity index is 398. The van der Waals surface area contributed by atoms with Crippen molar-refractivity contribution in [1.82, 2.24) is 5.16 Å². The molecule has 0 amide bonds. The second-order valence-electron chi connectivity index (χ2n) is 2.09. The van der Waals surface area contributed by atoms with Crippen LogP contribution in [0.15, 0.2) is 22.7 Å². The Kier molecular flexibility index (Phi) is 1.32. The van der Waals surface area contributed by atoms with Crippen molar-refractivity contribution in [3.05, 3.63) is 29.2 Å². The van der Waals surface area contributed by atoms with E-state index in [0.29, 0.717) is 5.39 Å². The third-order valence-electron chi connectivity index (χ3n) is 1.41. The molecule has 1 aromatic heterocycles. The molecule has 0 bridgehead atoms. The van der Waals surface area contributed by atoms with Gasteiger partial charge in [0.1, 0.15) is 0 Å². The standard InChI is InChI=1S/C7H3ClFNO/c8-7-4-2-1-3-5(9)6(4)11-10-7/h1-3H. The van der Waals surface area contributed by atoms with Crippen molar-refractivity contribution in [3.63, 3.8) is 0 Å². The fourth-order valence-corrected chi connectivity index (χ4v) is 1.08. The Hall–Kier alpha value is -1.09. The fraction of sp³-hybridized carbons (Fsp3) is 0. The van der Waals surface area contributed by atoms with Crippen LogP contribution in [0.25, 0.3) is 11.0 Å². The number of aromatic nitrogens is 1. The molecule has 0 radical (unpaired) electrons. The molecule has 11 heavy (non-hydrogen) atoms. The van der Waals surface area contributed by atoms with Crippen LogP contribution in [0.3, 0.4) is 0 Å². The third-order valence-corrected chi connectivity index (χ3v) is 1.68. The van der Waals surface area contributed by atoms with Gasteiger partial charge in [-0.25, -0.2) is 4.39 Å². The summed E-state index contributed by atoms with van der Waals surface area (Å²) in [4.78, 5) is 0. The summed E-state index contributed by atoms with van der Waals surface area (Å²) in [5.41, 5.74) is 0.109. The topological polar surface area (TPSA) is 26.0 Å². The zero-order valence-corrected chi connectivity index (χ0v) is 6.10. The van der Waals surface area contributed by atoms with Gasteiger partial charge in [-0.1, -0.05) is 22.8 Å². The van der Waals surface area contributed by atoms with E-state index in [1.165, 1.54) is 6.07 Å². The number of benzene rings is 1. The average Bonchev–Trinajstić information content (AvgIpc) is 2.35. The highest BCUT2D eigenvalue weighted by atomic mass is 35.5. The van der Waals surface area contributed by atoms with Gasteiger partial charge in [0.2, 0.25) is 5.58 Å². The minimum absolute atomic E-state index is 0.109. The highest BCUT2D eigenvalue weighted by Crippen LogP contribution is 2.23. The predicted octanol–water partition coefficient (Wildman–Crippen LogP) is 2.62. The van der Waals surface area contributed by atoms with Crippen molar-refractivity contribution < 1.29 is 8.91 Å². The number of nitrogens with zero attached hydrogens (tertiary/aromatic N) is 1. The Morgan fingerprint density at radius 2 is 2.27 bits per heavy atom. The number of rotatable bonds is 0. The van der Waals surface area contributed by atoms with E-state index in [4.69, 9.17) is 11.6 Å². The first-order valence-electron chi connectivity index (χ1n) is 2.98. The van der Waals surface area contributed by atoms with Crippen molar-refractivity contribution in [2.45, 2.75) is 0 Å². The van der Waals surface area contributed by atoms with Crippen LogP contribution in [-0.4, -0.2) is 5.16 Å². The van der Waals surface area contributed by atoms with Gasteiger partial charge in [-0.05, 0) is 12.1 Å². The minimum atomic E-state index is -0.443. The van der Waals surface area contributed by atoms with E-state index in [1.807, 2.05) is 0 Å². The summed E-state index contributed by atoms with van der Waals surface area (Å²) in [7, 11) is 0. The second-order valence-corrected chi connectivity index (χ2v) is 2.45. The van der Waals surface area contributed by atoms with Crippen LogP contribution in [-0.2, 0) is 0 Å². The zero-order valence-electron chi connectivity index (χ0n) is 5.34. The summed E-state index contributed by atoms with van der Waals surface area (Å²) in [6, 6.07) is 4.50. The van der Waals surface area contributed by atoms with Gasteiger partial charge in [0.25, 0.3) is 0 Å². The maximum Gasteiger partial charge on any atom is 0.204 e. The predicted molar refractivity (Wildman–Crippen MR) is 39.0 cm³/mol. The number of fused-ring (bicyclic) bond motifs is 1. The molecule has 0 saturated heterocycles. The van der Waals surface area contributed by atoms with Crippen molar-refractivity contribution in [2.75, 3.05) is 0 Å². The minimum Gasteiger partial charge on any atom is -0.352 e. The molecule has 2 rings (SSSR count). The molecule has 0 aliphatic heterocycles. The van der Waals surface area contributed by atoms with Crippen molar-refractivity contribution in [3.8, 4) is 0 Å². The van der Waals surface area contributed by atoms with Crippen LogP contribution < -0.4 is 0 Å². The number of halogens is 2. The fourth-order valence-electron chi connectivity index (χ4n) is 0.899. The van der Waals surface area contributed by atoms with Gasteiger partial charge in [-0.3, -0.25) is 0 Å². The molecule has 0 unspecified atom stereocenters. The molecular formula is C7H3ClFNO. The number of hydrogen-bond acceptors (Lipinski definition) is 2. The molecule has 0 saturated carbocycles. The summed E-state index contributed by atoms with van der Waals surface area (Å²) < 4.78 is 17.4. The van der Waals surface area contributed by atoms with E-state index in [9.17, 15) is 4.39 Å². The first-order chi connectivity index (χ1) is 5.29. The largest absolute Gasteiger partial charge is 0.352 e. The van der Waals surface area contributed by atoms with Gasteiger partial charge in [-0.2, -0.15) is 0 Å². The van der Waals surface area contributed by atoms with E-state index >= 15 is 0 Å². The summed E-state index contributed by atoms with van der Waals surface area (Å²) in [6.45, 7) is 0. The van der Waals surface area contributed by atoms with Crippen molar-refractivity contribution in [1.29, 1.82) is 0 Å². The van der Waals surface area contributed by atoms with Crippen LogP contribution in [0.4, 0.5) is 4.39 Å². The van der Waals surface area contributed by atoms with E-state index < -0.39 is 5.82 Å². The third kappa shape index (κ3) is 0.886. The van der Waals surface area contributed by atoms with E-state index in [2.05, 4.69) is 9.68 Å². The molecule has 2 nitrogen and oxygen atoms in total. The summed E-state index contributed by atoms with van der Waals surface area (Å²) in [5.74, 6) is -0.443. The smallest absolute Gasteiger partial charge is 0.204 e. The molecule has 0 N–H and O–H groups in total. The van der Waals surface area contributed by atoms with Gasteiger partial charge in [0, 0.05) is 0 Å². The average molecular weight is 172 g/mol. The second kappa shape index (κ2) is 2.20. The van der Waals surface area contributed by atoms with Gasteiger partial charge in [0.15, 0.2) is 11.0 Å². The highest BCUT2D eigenvalue weighted by Gasteiger charge is 2.08. The molecule has 0 spiro atoms. The molecule has 56 valence electrons. The van der Waals surface area contributed by atoms with Crippen molar-refractivity contribution >= 4 is 22.6 Å². The molecule has 0 atom stereocenters. The summed E-state index contributed by atoms with van der Waals surface area (Å²) in [5, 5.41) is 4.11. The molecule has 1 heterocycles. The highest BCUT2D eigenvalue weighted by molar-refractivity contribution is 6.34. The quantitative estimate of drug-likeness (QED) is 0.609. The van der Waals surface area contributed by atoms with Crippen LogP contribution >= 0.6 is 11.6 Å². The Balaban J connectivity index is 2.94. The van der Waals surface area contributed by atoms with Gasteiger partial charge in [0.05, 0.1) is 5.39 Å². The van der Waals surface area contributed by atoms with Crippen LogP contribution in [0.2, 0.25) is 5.15 Å². The summed E-state index contributed by atoms with van der Waals surface area (Å²) in [6.07, 6.45) is 0. The Morgan fingerprint density at radius 3 is 3.00 bits per heavy atom. The Labute approximate surface area is 66.5 Å². The first-order valence-corrected chi connectivity index (χ1v) is 3.36. The molecule has 0 aliphatic carbocycles. The maximum absolute atomic E-state index is 12.8. The van der Waals surface area contributed by atoms with Gasteiger partial charge >= 0.3 is 0 Å². The van der Waals surface area contributed by atoms with E-state index in [-0.39, 0.29) is 10.7 Å².